The minimum Gasteiger partial charge on any atom is -0.320 e. The van der Waals surface area contributed by atoms with Gasteiger partial charge in [0.05, 0.1) is 32.4 Å². The number of aliphatic imine (C=N–C) groups is 1. The topological polar surface area (TPSA) is 122 Å². The zero-order chi connectivity index (χ0) is 24.0. The molecule has 11 heteroatoms. The molecule has 0 aromatic heterocycles. The molecule has 2 amide bonds. The van der Waals surface area contributed by atoms with Crippen LogP contribution in [-0.4, -0.2) is 25.4 Å². The number of hydrogen-bond donors (Lipinski definition) is 2. The zero-order valence-corrected chi connectivity index (χ0v) is 20.4. The van der Waals surface area contributed by atoms with E-state index < -0.39 is 10.0 Å². The molecule has 0 spiro atoms. The number of nitrogens with one attached hydrogen (secondary N) is 1. The van der Waals surface area contributed by atoms with Crippen molar-refractivity contribution in [3.8, 4) is 0 Å². The van der Waals surface area contributed by atoms with Crippen LogP contribution in [0.1, 0.15) is 5.56 Å². The highest BCUT2D eigenvalue weighted by molar-refractivity contribution is 9.10. The van der Waals surface area contributed by atoms with Gasteiger partial charge in [-0.3, -0.25) is 14.5 Å². The Morgan fingerprint density at radius 2 is 1.65 bits per heavy atom. The summed E-state index contributed by atoms with van der Waals surface area (Å²) in [7, 11) is -3.84. The normalized spacial score (nSPS) is 19.0. The molecular formula is C23H15BrN4O4S2. The first-order chi connectivity index (χ1) is 16.2. The molecule has 0 bridgehead atoms. The number of fused-ring (bicyclic) bond motifs is 1. The maximum Gasteiger partial charge on any atom is 0.272 e. The number of hydrogen-bond acceptors (Lipinski definition) is 6. The lowest BCUT2D eigenvalue weighted by Gasteiger charge is -2.15. The van der Waals surface area contributed by atoms with E-state index in [1.807, 2.05) is 12.1 Å². The Morgan fingerprint density at radius 1 is 0.941 bits per heavy atom. The summed E-state index contributed by atoms with van der Waals surface area (Å²) >= 11 is 4.52. The fourth-order valence-corrected chi connectivity index (χ4v) is 5.69. The van der Waals surface area contributed by atoms with Gasteiger partial charge in [-0.1, -0.05) is 30.3 Å². The third-order valence-corrected chi connectivity index (χ3v) is 7.79. The highest BCUT2D eigenvalue weighted by Gasteiger charge is 2.41. The number of benzene rings is 3. The highest BCUT2D eigenvalue weighted by Crippen LogP contribution is 2.45. The van der Waals surface area contributed by atoms with Gasteiger partial charge in [-0.05, 0) is 70.2 Å². The second kappa shape index (κ2) is 8.51. The Morgan fingerprint density at radius 3 is 2.32 bits per heavy atom. The van der Waals surface area contributed by atoms with Crippen molar-refractivity contribution < 1.29 is 18.0 Å². The van der Waals surface area contributed by atoms with Gasteiger partial charge in [0, 0.05) is 10.0 Å². The number of sulfonamides is 1. The van der Waals surface area contributed by atoms with Crippen molar-refractivity contribution in [2.75, 3.05) is 10.2 Å². The second-order valence-corrected chi connectivity index (χ2v) is 10.7. The van der Waals surface area contributed by atoms with Crippen LogP contribution in [0.5, 0.6) is 0 Å². The van der Waals surface area contributed by atoms with Crippen LogP contribution in [0.3, 0.4) is 0 Å². The number of anilines is 2. The van der Waals surface area contributed by atoms with Crippen LogP contribution in [0, 0.1) is 0 Å². The van der Waals surface area contributed by atoms with E-state index in [1.54, 1.807) is 36.4 Å². The van der Waals surface area contributed by atoms with Crippen molar-refractivity contribution in [1.29, 1.82) is 0 Å². The molecule has 0 radical (unpaired) electrons. The third-order valence-electron chi connectivity index (χ3n) is 5.16. The van der Waals surface area contributed by atoms with E-state index in [4.69, 9.17) is 5.14 Å². The van der Waals surface area contributed by atoms with Crippen molar-refractivity contribution in [3.63, 3.8) is 0 Å². The quantitative estimate of drug-likeness (QED) is 0.469. The Kier molecular flexibility index (Phi) is 5.64. The molecule has 34 heavy (non-hydrogen) atoms. The molecule has 3 aromatic carbocycles. The lowest BCUT2D eigenvalue weighted by atomic mass is 10.1. The van der Waals surface area contributed by atoms with E-state index in [-0.39, 0.29) is 27.2 Å². The molecule has 1 saturated heterocycles. The number of primary sulfonamides is 1. The van der Waals surface area contributed by atoms with Gasteiger partial charge in [0.1, 0.15) is 0 Å². The molecule has 0 saturated carbocycles. The average molecular weight is 555 g/mol. The summed E-state index contributed by atoms with van der Waals surface area (Å²) in [5.41, 5.74) is 2.53. The van der Waals surface area contributed by atoms with Crippen LogP contribution >= 0.6 is 27.7 Å². The van der Waals surface area contributed by atoms with Gasteiger partial charge in [0.25, 0.3) is 11.8 Å². The van der Waals surface area contributed by atoms with Crippen LogP contribution in [0.4, 0.5) is 17.1 Å². The molecule has 3 aromatic rings. The number of carbonyl (C=O) groups is 2. The fourth-order valence-electron chi connectivity index (χ4n) is 3.61. The van der Waals surface area contributed by atoms with Crippen molar-refractivity contribution in [2.24, 2.45) is 10.1 Å². The van der Waals surface area contributed by atoms with Gasteiger partial charge in [-0.2, -0.15) is 0 Å². The SMILES string of the molecule is NS(=O)(=O)c1ccc(/N=C2\S/C(=C3\C(=O)Nc4c(Br)cccc43)C(=O)N2c2ccccc2)cc1. The molecule has 170 valence electrons. The van der Waals surface area contributed by atoms with Gasteiger partial charge in [-0.15, -0.1) is 0 Å². The number of para-hydroxylation sites is 2. The zero-order valence-electron chi connectivity index (χ0n) is 17.2. The van der Waals surface area contributed by atoms with Gasteiger partial charge >= 0.3 is 0 Å². The van der Waals surface area contributed by atoms with Crippen LogP contribution in [0.2, 0.25) is 0 Å². The van der Waals surface area contributed by atoms with Crippen LogP contribution in [-0.2, 0) is 19.6 Å². The first-order valence-corrected chi connectivity index (χ1v) is 13.0. The molecule has 3 N–H and O–H groups in total. The number of amides is 2. The number of nitrogens with two attached hydrogens (primary N) is 1. The van der Waals surface area contributed by atoms with E-state index in [2.05, 4.69) is 26.2 Å². The summed E-state index contributed by atoms with van der Waals surface area (Å²) in [4.78, 5) is 32.7. The molecule has 8 nitrogen and oxygen atoms in total. The summed E-state index contributed by atoms with van der Waals surface area (Å²) in [6.07, 6.45) is 0. The van der Waals surface area contributed by atoms with Crippen LogP contribution in [0.25, 0.3) is 5.57 Å². The molecule has 0 aliphatic carbocycles. The molecular weight excluding hydrogens is 540 g/mol. The highest BCUT2D eigenvalue weighted by atomic mass is 79.9. The number of thioether (sulfide) groups is 1. The molecule has 0 unspecified atom stereocenters. The van der Waals surface area contributed by atoms with Gasteiger partial charge in [0.2, 0.25) is 10.0 Å². The molecule has 1 fully saturated rings. The third kappa shape index (κ3) is 3.96. The standard InChI is InChI=1S/C23H15BrN4O4S2/c24-17-8-4-7-16-18(21(29)27-19(16)17)20-22(30)28(14-5-2-1-3-6-14)23(33-20)26-13-9-11-15(12-10-13)34(25,31)32/h1-12H,(H,27,29)(H2,25,31,32)/b20-18-,26-23-. The van der Waals surface area contributed by atoms with Crippen LogP contribution < -0.4 is 15.4 Å². The molecule has 5 rings (SSSR count). The maximum atomic E-state index is 13.6. The Balaban J connectivity index is 1.65. The summed E-state index contributed by atoms with van der Waals surface area (Å²) in [5, 5.41) is 8.32. The van der Waals surface area contributed by atoms with E-state index in [0.29, 0.717) is 32.3 Å². The lowest BCUT2D eigenvalue weighted by molar-refractivity contribution is -0.114. The number of halogens is 1. The van der Waals surface area contributed by atoms with Crippen LogP contribution in [0.15, 0.2) is 92.1 Å². The second-order valence-electron chi connectivity index (χ2n) is 7.33. The molecule has 2 heterocycles. The van der Waals surface area contributed by atoms with Gasteiger partial charge in [0.15, 0.2) is 5.17 Å². The van der Waals surface area contributed by atoms with Crippen molar-refractivity contribution in [1.82, 2.24) is 0 Å². The molecule has 2 aliphatic heterocycles. The Bertz CT molecular complexity index is 1520. The summed E-state index contributed by atoms with van der Waals surface area (Å²) in [6.45, 7) is 0. The average Bonchev–Trinajstić information content (AvgIpc) is 3.30. The Labute approximate surface area is 207 Å². The van der Waals surface area contributed by atoms with E-state index >= 15 is 0 Å². The van der Waals surface area contributed by atoms with Gasteiger partial charge in [-0.25, -0.2) is 18.5 Å². The minimum atomic E-state index is -3.84. The smallest absolute Gasteiger partial charge is 0.272 e. The number of nitrogens with zero attached hydrogens (tertiary/aromatic N) is 2. The Hall–Kier alpha value is -3.25. The van der Waals surface area contributed by atoms with Gasteiger partial charge < -0.3 is 5.32 Å². The first kappa shape index (κ1) is 22.5. The fraction of sp³-hybridized carbons (Fsp3) is 0. The molecule has 0 atom stereocenters. The minimum absolute atomic E-state index is 0.0425. The number of amidine groups is 1. The lowest BCUT2D eigenvalue weighted by Crippen LogP contribution is -2.29. The van der Waals surface area contributed by atoms with E-state index in [0.717, 1.165) is 11.8 Å². The number of carbonyl (C=O) groups excluding carboxylic acids is 2. The summed E-state index contributed by atoms with van der Waals surface area (Å²) in [6, 6.07) is 20.0. The van der Waals surface area contributed by atoms with Crippen molar-refractivity contribution in [2.45, 2.75) is 4.90 Å². The summed E-state index contributed by atoms with van der Waals surface area (Å²) < 4.78 is 23.8. The van der Waals surface area contributed by atoms with Crippen molar-refractivity contribution >= 4 is 77.3 Å². The monoisotopic (exact) mass is 554 g/mol. The summed E-state index contributed by atoms with van der Waals surface area (Å²) in [5.74, 6) is -0.751. The first-order valence-electron chi connectivity index (χ1n) is 9.87. The predicted octanol–water partition coefficient (Wildman–Crippen LogP) is 4.23. The van der Waals surface area contributed by atoms with Crippen molar-refractivity contribution in [3.05, 3.63) is 87.7 Å². The molecule has 2 aliphatic rings. The predicted molar refractivity (Wildman–Crippen MR) is 136 cm³/mol. The van der Waals surface area contributed by atoms with E-state index in [9.17, 15) is 18.0 Å². The maximum absolute atomic E-state index is 13.6. The largest absolute Gasteiger partial charge is 0.320 e. The van der Waals surface area contributed by atoms with E-state index in [1.165, 1.54) is 29.2 Å². The number of rotatable bonds is 3.